The van der Waals surface area contributed by atoms with Crippen molar-refractivity contribution < 1.29 is 9.53 Å². The summed E-state index contributed by atoms with van der Waals surface area (Å²) in [6, 6.07) is 4.98. The fraction of sp³-hybridized carbons (Fsp3) is 0.364. The molecule has 1 rings (SSSR count). The van der Waals surface area contributed by atoms with Crippen LogP contribution in [0.25, 0.3) is 0 Å². The topological polar surface area (TPSA) is 78.3 Å². The van der Waals surface area contributed by atoms with E-state index >= 15 is 0 Å². The molecule has 0 saturated carbocycles. The van der Waals surface area contributed by atoms with Crippen molar-refractivity contribution >= 4 is 11.6 Å². The van der Waals surface area contributed by atoms with Gasteiger partial charge in [-0.15, -0.1) is 0 Å². The van der Waals surface area contributed by atoms with Gasteiger partial charge in [0.1, 0.15) is 0 Å². The molecular weight excluding hydrogens is 192 g/mol. The third-order valence-corrected chi connectivity index (χ3v) is 2.50. The number of carbonyl (C=O) groups excluding carboxylic acids is 1. The monoisotopic (exact) mass is 208 g/mol. The highest BCUT2D eigenvalue weighted by molar-refractivity contribution is 5.93. The molecule has 0 aliphatic heterocycles. The van der Waals surface area contributed by atoms with E-state index in [1.54, 1.807) is 25.3 Å². The van der Waals surface area contributed by atoms with Gasteiger partial charge in [-0.05, 0) is 26.0 Å². The smallest absolute Gasteiger partial charge is 0.248 e. The second-order valence-electron chi connectivity index (χ2n) is 3.88. The Morgan fingerprint density at radius 1 is 1.40 bits per heavy atom. The highest BCUT2D eigenvalue weighted by Crippen LogP contribution is 2.29. The van der Waals surface area contributed by atoms with Crippen molar-refractivity contribution in [1.29, 1.82) is 0 Å². The first-order valence-corrected chi connectivity index (χ1v) is 4.63. The summed E-state index contributed by atoms with van der Waals surface area (Å²) in [6.45, 7) is 3.81. The second-order valence-corrected chi connectivity index (χ2v) is 3.88. The van der Waals surface area contributed by atoms with Crippen molar-refractivity contribution in [2.75, 3.05) is 12.8 Å². The van der Waals surface area contributed by atoms with E-state index in [4.69, 9.17) is 16.2 Å². The fourth-order valence-electron chi connectivity index (χ4n) is 1.37. The second kappa shape index (κ2) is 3.90. The van der Waals surface area contributed by atoms with E-state index < -0.39 is 11.5 Å². The highest BCUT2D eigenvalue weighted by atomic mass is 16.5. The first-order valence-electron chi connectivity index (χ1n) is 4.63. The molecule has 0 atom stereocenters. The predicted octanol–water partition coefficient (Wildman–Crippen LogP) is 1.25. The van der Waals surface area contributed by atoms with E-state index in [-0.39, 0.29) is 0 Å². The van der Waals surface area contributed by atoms with E-state index in [0.29, 0.717) is 11.3 Å². The molecule has 1 amide bonds. The molecule has 1 aromatic carbocycles. The zero-order chi connectivity index (χ0) is 11.6. The lowest BCUT2D eigenvalue weighted by atomic mass is 9.95. The van der Waals surface area contributed by atoms with Crippen molar-refractivity contribution in [2.45, 2.75) is 19.4 Å². The molecule has 15 heavy (non-hydrogen) atoms. The average molecular weight is 208 g/mol. The lowest BCUT2D eigenvalue weighted by Gasteiger charge is -2.25. The van der Waals surface area contributed by atoms with Gasteiger partial charge in [0, 0.05) is 23.9 Å². The van der Waals surface area contributed by atoms with Gasteiger partial charge in [0.05, 0.1) is 5.60 Å². The quantitative estimate of drug-likeness (QED) is 0.734. The van der Waals surface area contributed by atoms with Crippen LogP contribution in [0, 0.1) is 0 Å². The molecule has 0 fully saturated rings. The molecule has 0 aliphatic carbocycles. The summed E-state index contributed by atoms with van der Waals surface area (Å²) in [7, 11) is 1.61. The molecule has 4 heteroatoms. The number of benzene rings is 1. The first kappa shape index (κ1) is 11.5. The van der Waals surface area contributed by atoms with Crippen LogP contribution in [0.5, 0.6) is 0 Å². The Kier molecular flexibility index (Phi) is 3.00. The van der Waals surface area contributed by atoms with Gasteiger partial charge >= 0.3 is 0 Å². The van der Waals surface area contributed by atoms with Gasteiger partial charge in [-0.3, -0.25) is 4.79 Å². The van der Waals surface area contributed by atoms with Crippen LogP contribution in [0.4, 0.5) is 5.69 Å². The largest absolute Gasteiger partial charge is 0.398 e. The van der Waals surface area contributed by atoms with E-state index in [0.717, 1.165) is 5.56 Å². The van der Waals surface area contributed by atoms with Crippen LogP contribution < -0.4 is 11.5 Å². The summed E-state index contributed by atoms with van der Waals surface area (Å²) < 4.78 is 5.31. The fourth-order valence-corrected chi connectivity index (χ4v) is 1.37. The molecule has 0 bridgehead atoms. The van der Waals surface area contributed by atoms with E-state index in [2.05, 4.69) is 0 Å². The van der Waals surface area contributed by atoms with Crippen LogP contribution in [0.2, 0.25) is 0 Å². The zero-order valence-electron chi connectivity index (χ0n) is 9.20. The van der Waals surface area contributed by atoms with Crippen LogP contribution in [0.15, 0.2) is 18.2 Å². The summed E-state index contributed by atoms with van der Waals surface area (Å²) in [5.41, 5.74) is 12.3. The third kappa shape index (κ3) is 2.27. The average Bonchev–Trinajstić information content (AvgIpc) is 2.17. The van der Waals surface area contributed by atoms with Gasteiger partial charge in [0.15, 0.2) is 0 Å². The van der Waals surface area contributed by atoms with Crippen LogP contribution in [-0.4, -0.2) is 13.0 Å². The van der Waals surface area contributed by atoms with Crippen molar-refractivity contribution in [2.24, 2.45) is 5.73 Å². The lowest BCUT2D eigenvalue weighted by molar-refractivity contribution is 0.0198. The number of nitrogens with two attached hydrogens (primary N) is 2. The maximum absolute atomic E-state index is 10.9. The number of carbonyl (C=O) groups is 1. The number of ether oxygens (including phenoxy) is 1. The van der Waals surface area contributed by atoms with Crippen LogP contribution in [0.3, 0.4) is 0 Å². The number of methoxy groups -OCH3 is 1. The standard InChI is InChI=1S/C11H16N2O2/c1-11(2,15-3)8-5-4-7(10(13)14)6-9(8)12/h4-6H,12H2,1-3H3,(H2,13,14). The van der Waals surface area contributed by atoms with Crippen molar-refractivity contribution in [3.63, 3.8) is 0 Å². The molecule has 0 aliphatic rings. The Balaban J connectivity index is 3.19. The molecule has 0 unspecified atom stereocenters. The Morgan fingerprint density at radius 3 is 2.40 bits per heavy atom. The van der Waals surface area contributed by atoms with Gasteiger partial charge in [-0.1, -0.05) is 6.07 Å². The third-order valence-electron chi connectivity index (χ3n) is 2.50. The maximum Gasteiger partial charge on any atom is 0.248 e. The molecular formula is C11H16N2O2. The Bertz CT molecular complexity index is 386. The summed E-state index contributed by atoms with van der Waals surface area (Å²) in [4.78, 5) is 10.9. The number of primary amides is 1. The van der Waals surface area contributed by atoms with E-state index in [1.807, 2.05) is 13.8 Å². The number of nitrogen functional groups attached to an aromatic ring is 1. The van der Waals surface area contributed by atoms with Crippen molar-refractivity contribution in [3.05, 3.63) is 29.3 Å². The number of hydrogen-bond acceptors (Lipinski definition) is 3. The zero-order valence-corrected chi connectivity index (χ0v) is 9.20. The number of rotatable bonds is 3. The Labute approximate surface area is 89.2 Å². The minimum absolute atomic E-state index is 0.406. The first-order chi connectivity index (χ1) is 6.88. The maximum atomic E-state index is 10.9. The lowest BCUT2D eigenvalue weighted by Crippen LogP contribution is -2.22. The SMILES string of the molecule is COC(C)(C)c1ccc(C(N)=O)cc1N. The van der Waals surface area contributed by atoms with Gasteiger partial charge in [-0.2, -0.15) is 0 Å². The molecule has 0 spiro atoms. The molecule has 4 nitrogen and oxygen atoms in total. The molecule has 4 N–H and O–H groups in total. The minimum Gasteiger partial charge on any atom is -0.398 e. The van der Waals surface area contributed by atoms with E-state index in [9.17, 15) is 4.79 Å². The van der Waals surface area contributed by atoms with Crippen molar-refractivity contribution in [3.8, 4) is 0 Å². The van der Waals surface area contributed by atoms with Gasteiger partial charge in [-0.25, -0.2) is 0 Å². The number of anilines is 1. The van der Waals surface area contributed by atoms with Crippen LogP contribution >= 0.6 is 0 Å². The Morgan fingerprint density at radius 2 is 2.00 bits per heavy atom. The molecule has 82 valence electrons. The van der Waals surface area contributed by atoms with Crippen LogP contribution in [-0.2, 0) is 10.3 Å². The Hall–Kier alpha value is -1.55. The molecule has 0 radical (unpaired) electrons. The minimum atomic E-state index is -0.483. The molecule has 0 aromatic heterocycles. The highest BCUT2D eigenvalue weighted by Gasteiger charge is 2.22. The summed E-state index contributed by atoms with van der Waals surface area (Å²) >= 11 is 0. The number of hydrogen-bond donors (Lipinski definition) is 2. The predicted molar refractivity (Wildman–Crippen MR) is 59.4 cm³/mol. The van der Waals surface area contributed by atoms with Gasteiger partial charge < -0.3 is 16.2 Å². The normalized spacial score (nSPS) is 11.4. The van der Waals surface area contributed by atoms with Crippen molar-refractivity contribution in [1.82, 2.24) is 0 Å². The summed E-state index contributed by atoms with van der Waals surface area (Å²) in [6.07, 6.45) is 0. The number of amides is 1. The summed E-state index contributed by atoms with van der Waals surface area (Å²) in [5.74, 6) is -0.483. The summed E-state index contributed by atoms with van der Waals surface area (Å²) in [5, 5.41) is 0. The molecule has 1 aromatic rings. The molecule has 0 saturated heterocycles. The van der Waals surface area contributed by atoms with Crippen LogP contribution in [0.1, 0.15) is 29.8 Å². The van der Waals surface area contributed by atoms with E-state index in [1.165, 1.54) is 0 Å². The molecule has 0 heterocycles. The van der Waals surface area contributed by atoms with Gasteiger partial charge in [0.2, 0.25) is 5.91 Å². The van der Waals surface area contributed by atoms with Gasteiger partial charge in [0.25, 0.3) is 0 Å².